The second-order valence-corrected chi connectivity index (χ2v) is 4.74. The Labute approximate surface area is 118 Å². The van der Waals surface area contributed by atoms with E-state index < -0.39 is 0 Å². The Bertz CT molecular complexity index is 542. The van der Waals surface area contributed by atoms with Gasteiger partial charge in [0.15, 0.2) is 0 Å². The molecule has 0 aliphatic rings. The number of halogens is 1. The van der Waals surface area contributed by atoms with Crippen molar-refractivity contribution in [2.45, 2.75) is 25.8 Å². The summed E-state index contributed by atoms with van der Waals surface area (Å²) < 4.78 is 18.4. The maximum absolute atomic E-state index is 12.9. The van der Waals surface area contributed by atoms with Gasteiger partial charge < -0.3 is 10.5 Å². The Morgan fingerprint density at radius 2 is 2.00 bits per heavy atom. The number of pyridine rings is 1. The van der Waals surface area contributed by atoms with E-state index in [-0.39, 0.29) is 11.9 Å². The maximum atomic E-state index is 12.9. The van der Waals surface area contributed by atoms with Gasteiger partial charge in [-0.05, 0) is 42.2 Å². The molecule has 1 atom stereocenters. The van der Waals surface area contributed by atoms with Crippen LogP contribution >= 0.6 is 0 Å². The Morgan fingerprint density at radius 1 is 1.25 bits per heavy atom. The monoisotopic (exact) mass is 274 g/mol. The molecule has 0 fully saturated rings. The zero-order valence-electron chi connectivity index (χ0n) is 11.6. The van der Waals surface area contributed by atoms with E-state index in [1.54, 1.807) is 24.5 Å². The van der Waals surface area contributed by atoms with Crippen molar-refractivity contribution in [2.24, 2.45) is 5.73 Å². The summed E-state index contributed by atoms with van der Waals surface area (Å²) in [4.78, 5) is 4.15. The number of hydrogen-bond acceptors (Lipinski definition) is 3. The molecule has 1 aromatic heterocycles. The van der Waals surface area contributed by atoms with E-state index in [4.69, 9.17) is 10.5 Å². The lowest BCUT2D eigenvalue weighted by Crippen LogP contribution is -2.14. The lowest BCUT2D eigenvalue weighted by molar-refractivity contribution is 0.315. The minimum Gasteiger partial charge on any atom is -0.492 e. The van der Waals surface area contributed by atoms with Crippen LogP contribution in [0.1, 0.15) is 30.5 Å². The van der Waals surface area contributed by atoms with Crippen molar-refractivity contribution in [1.29, 1.82) is 0 Å². The highest BCUT2D eigenvalue weighted by atomic mass is 19.1. The first-order valence-corrected chi connectivity index (χ1v) is 6.77. The van der Waals surface area contributed by atoms with E-state index in [9.17, 15) is 4.39 Å². The molecule has 2 rings (SSSR count). The van der Waals surface area contributed by atoms with Crippen LogP contribution in [0.2, 0.25) is 0 Å². The lowest BCUT2D eigenvalue weighted by Gasteiger charge is -2.13. The van der Waals surface area contributed by atoms with Gasteiger partial charge in [0, 0.05) is 12.2 Å². The molecule has 20 heavy (non-hydrogen) atoms. The van der Waals surface area contributed by atoms with Crippen LogP contribution in [0.4, 0.5) is 4.39 Å². The Morgan fingerprint density at radius 3 is 2.70 bits per heavy atom. The van der Waals surface area contributed by atoms with Gasteiger partial charge in [-0.2, -0.15) is 0 Å². The molecule has 106 valence electrons. The summed E-state index contributed by atoms with van der Waals surface area (Å²) in [7, 11) is 0. The van der Waals surface area contributed by atoms with E-state index in [2.05, 4.69) is 11.9 Å². The Hall–Kier alpha value is -1.94. The van der Waals surface area contributed by atoms with E-state index in [0.717, 1.165) is 23.3 Å². The van der Waals surface area contributed by atoms with Gasteiger partial charge in [0.1, 0.15) is 11.6 Å². The summed E-state index contributed by atoms with van der Waals surface area (Å²) in [5, 5.41) is 0. The van der Waals surface area contributed by atoms with Crippen molar-refractivity contribution < 1.29 is 9.13 Å². The van der Waals surface area contributed by atoms with Crippen LogP contribution in [0, 0.1) is 5.82 Å². The summed E-state index contributed by atoms with van der Waals surface area (Å²) in [6, 6.07) is 8.12. The first kappa shape index (κ1) is 14.5. The first-order chi connectivity index (χ1) is 9.69. The molecule has 1 aromatic carbocycles. The van der Waals surface area contributed by atoms with Gasteiger partial charge in [0.25, 0.3) is 0 Å². The number of hydrogen-bond donors (Lipinski definition) is 1. The zero-order chi connectivity index (χ0) is 14.4. The second-order valence-electron chi connectivity index (χ2n) is 4.74. The quantitative estimate of drug-likeness (QED) is 0.879. The number of aromatic nitrogens is 1. The van der Waals surface area contributed by atoms with Gasteiger partial charge in [0.2, 0.25) is 0 Å². The average Bonchev–Trinajstić information content (AvgIpc) is 2.48. The highest BCUT2D eigenvalue weighted by Crippen LogP contribution is 2.20. The molecule has 0 saturated carbocycles. The van der Waals surface area contributed by atoms with Crippen molar-refractivity contribution in [3.05, 3.63) is 59.7 Å². The lowest BCUT2D eigenvalue weighted by atomic mass is 10.0. The molecule has 0 aliphatic carbocycles. The first-order valence-electron chi connectivity index (χ1n) is 6.77. The number of nitrogens with two attached hydrogens (primary N) is 1. The smallest absolute Gasteiger partial charge is 0.137 e. The summed E-state index contributed by atoms with van der Waals surface area (Å²) in [5.74, 6) is 0.498. The van der Waals surface area contributed by atoms with E-state index in [1.807, 2.05) is 6.07 Å². The van der Waals surface area contributed by atoms with Crippen LogP contribution in [0.3, 0.4) is 0 Å². The third-order valence-corrected chi connectivity index (χ3v) is 3.00. The molecule has 0 saturated heterocycles. The number of benzene rings is 1. The molecule has 4 heteroatoms. The Balaban J connectivity index is 2.04. The maximum Gasteiger partial charge on any atom is 0.137 e. The molecule has 0 radical (unpaired) electrons. The van der Waals surface area contributed by atoms with E-state index >= 15 is 0 Å². The number of nitrogens with zero attached hydrogens (tertiary/aromatic N) is 1. The number of ether oxygens (including phenoxy) is 1. The van der Waals surface area contributed by atoms with Gasteiger partial charge in [-0.25, -0.2) is 4.39 Å². The topological polar surface area (TPSA) is 48.1 Å². The van der Waals surface area contributed by atoms with Gasteiger partial charge in [-0.3, -0.25) is 4.98 Å². The zero-order valence-corrected chi connectivity index (χ0v) is 11.6. The molecule has 2 N–H and O–H groups in total. The third kappa shape index (κ3) is 4.03. The van der Waals surface area contributed by atoms with Gasteiger partial charge in [0.05, 0.1) is 12.8 Å². The molecule has 0 amide bonds. The molecule has 2 aromatic rings. The molecule has 1 heterocycles. The predicted molar refractivity (Wildman–Crippen MR) is 77.1 cm³/mol. The van der Waals surface area contributed by atoms with Crippen LogP contribution in [-0.2, 0) is 6.42 Å². The average molecular weight is 274 g/mol. The molecule has 3 nitrogen and oxygen atoms in total. The van der Waals surface area contributed by atoms with Gasteiger partial charge in [-0.15, -0.1) is 0 Å². The van der Waals surface area contributed by atoms with Crippen molar-refractivity contribution >= 4 is 0 Å². The SMILES string of the molecule is CCCOc1cncc(C(N)Cc2ccc(F)cc2)c1. The molecule has 0 spiro atoms. The van der Waals surface area contributed by atoms with Gasteiger partial charge >= 0.3 is 0 Å². The molecular formula is C16H19FN2O. The van der Waals surface area contributed by atoms with Crippen molar-refractivity contribution in [3.8, 4) is 5.75 Å². The van der Waals surface area contributed by atoms with Crippen molar-refractivity contribution in [1.82, 2.24) is 4.98 Å². The molecule has 1 unspecified atom stereocenters. The fraction of sp³-hybridized carbons (Fsp3) is 0.312. The minimum atomic E-state index is -0.237. The number of rotatable bonds is 6. The predicted octanol–water partition coefficient (Wildman–Crippen LogP) is 3.25. The van der Waals surface area contributed by atoms with E-state index in [0.29, 0.717) is 13.0 Å². The summed E-state index contributed by atoms with van der Waals surface area (Å²) in [6.45, 7) is 2.72. The van der Waals surface area contributed by atoms with Gasteiger partial charge in [-0.1, -0.05) is 19.1 Å². The third-order valence-electron chi connectivity index (χ3n) is 3.00. The standard InChI is InChI=1S/C16H19FN2O/c1-2-7-20-15-9-13(10-19-11-15)16(18)8-12-3-5-14(17)6-4-12/h3-6,9-11,16H,2,7-8,18H2,1H3. The fourth-order valence-electron chi connectivity index (χ4n) is 1.93. The molecule has 0 aliphatic heterocycles. The van der Waals surface area contributed by atoms with Crippen LogP contribution in [0.15, 0.2) is 42.7 Å². The minimum absolute atomic E-state index is 0.182. The van der Waals surface area contributed by atoms with Crippen LogP contribution in [0.5, 0.6) is 5.75 Å². The van der Waals surface area contributed by atoms with E-state index in [1.165, 1.54) is 12.1 Å². The second kappa shape index (κ2) is 7.01. The van der Waals surface area contributed by atoms with Crippen molar-refractivity contribution in [2.75, 3.05) is 6.61 Å². The largest absolute Gasteiger partial charge is 0.492 e. The normalized spacial score (nSPS) is 12.2. The molecule has 0 bridgehead atoms. The van der Waals surface area contributed by atoms with Crippen LogP contribution in [-0.4, -0.2) is 11.6 Å². The Kier molecular flexibility index (Phi) is 5.07. The summed E-state index contributed by atoms with van der Waals surface area (Å²) in [6.07, 6.45) is 5.02. The van der Waals surface area contributed by atoms with Crippen LogP contribution in [0.25, 0.3) is 0 Å². The highest BCUT2D eigenvalue weighted by Gasteiger charge is 2.09. The van der Waals surface area contributed by atoms with Crippen molar-refractivity contribution in [3.63, 3.8) is 0 Å². The fourth-order valence-corrected chi connectivity index (χ4v) is 1.93. The van der Waals surface area contributed by atoms with Crippen LogP contribution < -0.4 is 10.5 Å². The summed E-state index contributed by atoms with van der Waals surface area (Å²) >= 11 is 0. The summed E-state index contributed by atoms with van der Waals surface area (Å²) in [5.41, 5.74) is 8.09. The highest BCUT2D eigenvalue weighted by molar-refractivity contribution is 5.28. The molecular weight excluding hydrogens is 255 g/mol.